The molecule has 0 bridgehead atoms. The molecule has 0 saturated carbocycles. The maximum Gasteiger partial charge on any atom is 0.229 e. The first-order valence-corrected chi connectivity index (χ1v) is 11.0. The molecule has 2 aliphatic heterocycles. The van der Waals surface area contributed by atoms with Gasteiger partial charge >= 0.3 is 0 Å². The third-order valence-electron chi connectivity index (χ3n) is 5.74. The van der Waals surface area contributed by atoms with E-state index < -0.39 is 0 Å². The highest BCUT2D eigenvalue weighted by atomic mass is 32.1. The molecule has 2 aromatic heterocycles. The minimum absolute atomic E-state index is 0.0818. The summed E-state index contributed by atoms with van der Waals surface area (Å²) in [5.74, 6) is 0.164. The standard InChI is InChI=1S/C21H29N5OS/c1-15-11-18(25-9-7-24(3)8-10-25)13-19(22-15)20-5-4-6-26(20)21(27)12-17-14-28-16(2)23-17/h11,13-14,20H,4-10,12H2,1-3H3/t20-/m1/s1. The van der Waals surface area contributed by atoms with Gasteiger partial charge in [-0.3, -0.25) is 9.78 Å². The Morgan fingerprint density at radius 2 is 1.93 bits per heavy atom. The van der Waals surface area contributed by atoms with Gasteiger partial charge in [-0.05, 0) is 45.9 Å². The molecule has 7 heteroatoms. The van der Waals surface area contributed by atoms with E-state index in [4.69, 9.17) is 4.98 Å². The molecule has 1 amide bonds. The lowest BCUT2D eigenvalue weighted by atomic mass is 10.1. The molecule has 28 heavy (non-hydrogen) atoms. The number of thiazole rings is 1. The Kier molecular flexibility index (Phi) is 5.64. The van der Waals surface area contributed by atoms with Crippen LogP contribution in [0.1, 0.15) is 41.0 Å². The van der Waals surface area contributed by atoms with E-state index in [1.807, 2.05) is 17.2 Å². The molecule has 2 aliphatic rings. The van der Waals surface area contributed by atoms with Crippen molar-refractivity contribution in [3.63, 3.8) is 0 Å². The first kappa shape index (κ1) is 19.3. The number of aromatic nitrogens is 2. The number of likely N-dealkylation sites (tertiary alicyclic amines) is 1. The summed E-state index contributed by atoms with van der Waals surface area (Å²) in [6, 6.07) is 4.47. The zero-order valence-electron chi connectivity index (χ0n) is 17.0. The first-order valence-electron chi connectivity index (χ1n) is 10.1. The number of aryl methyl sites for hydroxylation is 2. The van der Waals surface area contributed by atoms with Crippen LogP contribution in [0.4, 0.5) is 5.69 Å². The summed E-state index contributed by atoms with van der Waals surface area (Å²) in [6.07, 6.45) is 2.41. The van der Waals surface area contributed by atoms with Crippen LogP contribution in [0.5, 0.6) is 0 Å². The zero-order valence-corrected chi connectivity index (χ0v) is 17.8. The lowest BCUT2D eigenvalue weighted by Crippen LogP contribution is -2.44. The Morgan fingerprint density at radius 1 is 1.14 bits per heavy atom. The summed E-state index contributed by atoms with van der Waals surface area (Å²) in [6.45, 7) is 9.09. The van der Waals surface area contributed by atoms with E-state index in [1.54, 1.807) is 11.3 Å². The van der Waals surface area contributed by atoms with Gasteiger partial charge in [0.15, 0.2) is 0 Å². The molecule has 2 saturated heterocycles. The highest BCUT2D eigenvalue weighted by Crippen LogP contribution is 2.33. The zero-order chi connectivity index (χ0) is 19.7. The number of piperazine rings is 1. The van der Waals surface area contributed by atoms with Crippen LogP contribution in [0.3, 0.4) is 0 Å². The van der Waals surface area contributed by atoms with Crippen LogP contribution in [0.2, 0.25) is 0 Å². The monoisotopic (exact) mass is 399 g/mol. The van der Waals surface area contributed by atoms with E-state index in [0.717, 1.165) is 67.7 Å². The number of nitrogens with zero attached hydrogens (tertiary/aromatic N) is 5. The van der Waals surface area contributed by atoms with E-state index >= 15 is 0 Å². The van der Waals surface area contributed by atoms with Gasteiger partial charge in [-0.15, -0.1) is 11.3 Å². The molecular formula is C21H29N5OS. The second-order valence-corrected chi connectivity index (χ2v) is 9.02. The lowest BCUT2D eigenvalue weighted by molar-refractivity contribution is -0.131. The van der Waals surface area contributed by atoms with Gasteiger partial charge in [0, 0.05) is 49.5 Å². The van der Waals surface area contributed by atoms with Crippen LogP contribution in [0, 0.1) is 13.8 Å². The summed E-state index contributed by atoms with van der Waals surface area (Å²) in [4.78, 5) is 29.1. The van der Waals surface area contributed by atoms with Gasteiger partial charge in [0.2, 0.25) is 5.91 Å². The number of likely N-dealkylation sites (N-methyl/N-ethyl adjacent to an activating group) is 1. The van der Waals surface area contributed by atoms with Gasteiger partial charge < -0.3 is 14.7 Å². The number of rotatable bonds is 4. The third kappa shape index (κ3) is 4.20. The fourth-order valence-corrected chi connectivity index (χ4v) is 4.82. The molecule has 0 spiro atoms. The van der Waals surface area contributed by atoms with Gasteiger partial charge in [-0.1, -0.05) is 0 Å². The highest BCUT2D eigenvalue weighted by molar-refractivity contribution is 7.09. The average molecular weight is 400 g/mol. The first-order chi connectivity index (χ1) is 13.5. The quantitative estimate of drug-likeness (QED) is 0.791. The van der Waals surface area contributed by atoms with Crippen molar-refractivity contribution >= 4 is 22.9 Å². The predicted octanol–water partition coefficient (Wildman–Crippen LogP) is 2.81. The number of carbonyl (C=O) groups is 1. The van der Waals surface area contributed by atoms with Gasteiger partial charge in [0.25, 0.3) is 0 Å². The van der Waals surface area contributed by atoms with Crippen LogP contribution in [0.25, 0.3) is 0 Å². The molecule has 4 rings (SSSR count). The largest absolute Gasteiger partial charge is 0.369 e. The number of carbonyl (C=O) groups excluding carboxylic acids is 1. The molecular weight excluding hydrogens is 370 g/mol. The van der Waals surface area contributed by atoms with Crippen molar-refractivity contribution in [3.05, 3.63) is 39.6 Å². The van der Waals surface area contributed by atoms with Crippen LogP contribution < -0.4 is 4.90 Å². The molecule has 0 radical (unpaired) electrons. The minimum Gasteiger partial charge on any atom is -0.369 e. The van der Waals surface area contributed by atoms with Crippen molar-refractivity contribution in [1.82, 2.24) is 19.8 Å². The molecule has 0 N–H and O–H groups in total. The van der Waals surface area contributed by atoms with E-state index in [2.05, 4.69) is 40.9 Å². The van der Waals surface area contributed by atoms with Crippen molar-refractivity contribution in [1.29, 1.82) is 0 Å². The van der Waals surface area contributed by atoms with Crippen molar-refractivity contribution in [2.45, 2.75) is 39.2 Å². The molecule has 150 valence electrons. The molecule has 0 unspecified atom stereocenters. The summed E-state index contributed by atoms with van der Waals surface area (Å²) >= 11 is 1.60. The molecule has 2 fully saturated rings. The van der Waals surface area contributed by atoms with Gasteiger partial charge in [0.1, 0.15) is 0 Å². The Labute approximate surface area is 171 Å². The summed E-state index contributed by atoms with van der Waals surface area (Å²) in [5.41, 5.74) is 4.19. The molecule has 2 aromatic rings. The van der Waals surface area contributed by atoms with E-state index in [1.165, 1.54) is 5.69 Å². The molecule has 1 atom stereocenters. The van der Waals surface area contributed by atoms with E-state index in [-0.39, 0.29) is 11.9 Å². The minimum atomic E-state index is 0.0818. The summed E-state index contributed by atoms with van der Waals surface area (Å²) in [5, 5.41) is 3.01. The number of hydrogen-bond donors (Lipinski definition) is 0. The third-order valence-corrected chi connectivity index (χ3v) is 6.56. The summed E-state index contributed by atoms with van der Waals surface area (Å²) in [7, 11) is 2.17. The maximum atomic E-state index is 13.0. The second-order valence-electron chi connectivity index (χ2n) is 7.96. The molecule has 6 nitrogen and oxygen atoms in total. The van der Waals surface area contributed by atoms with Gasteiger partial charge in [-0.2, -0.15) is 0 Å². The Morgan fingerprint density at radius 3 is 2.64 bits per heavy atom. The van der Waals surface area contributed by atoms with Crippen molar-refractivity contribution < 1.29 is 4.79 Å². The molecule has 0 aliphatic carbocycles. The van der Waals surface area contributed by atoms with E-state index in [9.17, 15) is 4.79 Å². The summed E-state index contributed by atoms with van der Waals surface area (Å²) < 4.78 is 0. The van der Waals surface area contributed by atoms with Crippen molar-refractivity contribution in [2.75, 3.05) is 44.7 Å². The lowest BCUT2D eigenvalue weighted by Gasteiger charge is -2.34. The van der Waals surface area contributed by atoms with Crippen LogP contribution >= 0.6 is 11.3 Å². The highest BCUT2D eigenvalue weighted by Gasteiger charge is 2.32. The Hall–Kier alpha value is -1.99. The van der Waals surface area contributed by atoms with E-state index in [0.29, 0.717) is 6.42 Å². The Bertz CT molecular complexity index is 843. The predicted molar refractivity (Wildman–Crippen MR) is 113 cm³/mol. The fraction of sp³-hybridized carbons (Fsp3) is 0.571. The maximum absolute atomic E-state index is 13.0. The van der Waals surface area contributed by atoms with Crippen LogP contribution in [-0.4, -0.2) is 65.4 Å². The smallest absolute Gasteiger partial charge is 0.229 e. The molecule has 0 aromatic carbocycles. The fourth-order valence-electron chi connectivity index (χ4n) is 4.21. The van der Waals surface area contributed by atoms with Crippen molar-refractivity contribution in [2.24, 2.45) is 0 Å². The number of anilines is 1. The Balaban J connectivity index is 1.52. The second kappa shape index (κ2) is 8.17. The number of amides is 1. The number of pyridine rings is 1. The normalized spacial score (nSPS) is 20.8. The SMILES string of the molecule is Cc1cc(N2CCN(C)CC2)cc([C@H]2CCCN2C(=O)Cc2csc(C)n2)n1. The molecule has 4 heterocycles. The van der Waals surface area contributed by atoms with Gasteiger partial charge in [-0.25, -0.2) is 4.98 Å². The van der Waals surface area contributed by atoms with Crippen molar-refractivity contribution in [3.8, 4) is 0 Å². The van der Waals surface area contributed by atoms with Gasteiger partial charge in [0.05, 0.1) is 28.9 Å². The van der Waals surface area contributed by atoms with Crippen LogP contribution in [0.15, 0.2) is 17.5 Å². The topological polar surface area (TPSA) is 52.6 Å². The number of hydrogen-bond acceptors (Lipinski definition) is 6. The van der Waals surface area contributed by atoms with Crippen LogP contribution in [-0.2, 0) is 11.2 Å². The average Bonchev–Trinajstić information content (AvgIpc) is 3.31.